The molecule has 2 N–H and O–H groups in total. The van der Waals surface area contributed by atoms with E-state index in [0.29, 0.717) is 6.04 Å². The molecule has 1 saturated heterocycles. The molecule has 1 aromatic rings. The van der Waals surface area contributed by atoms with Crippen LogP contribution >= 0.6 is 0 Å². The van der Waals surface area contributed by atoms with E-state index in [0.717, 1.165) is 6.54 Å². The van der Waals surface area contributed by atoms with Gasteiger partial charge in [0.2, 0.25) is 0 Å². The Balaban J connectivity index is 1.92. The van der Waals surface area contributed by atoms with Gasteiger partial charge in [-0.25, -0.2) is 0 Å². The van der Waals surface area contributed by atoms with Crippen molar-refractivity contribution in [2.45, 2.75) is 25.3 Å². The summed E-state index contributed by atoms with van der Waals surface area (Å²) in [6.45, 7) is 2.31. The quantitative estimate of drug-likeness (QED) is 0.705. The maximum Gasteiger partial charge on any atom is 0.0372 e. The highest BCUT2D eigenvalue weighted by atomic mass is 15.0. The Kier molecular flexibility index (Phi) is 1.95. The lowest BCUT2D eigenvalue weighted by molar-refractivity contribution is 0.383. The molecule has 1 aromatic carbocycles. The van der Waals surface area contributed by atoms with Gasteiger partial charge in [-0.3, -0.25) is 0 Å². The van der Waals surface area contributed by atoms with Crippen molar-refractivity contribution < 1.29 is 0 Å². The van der Waals surface area contributed by atoms with E-state index in [-0.39, 0.29) is 0 Å². The molecule has 1 unspecified atom stereocenters. The van der Waals surface area contributed by atoms with E-state index in [9.17, 15) is 0 Å². The predicted octanol–water partition coefficient (Wildman–Crippen LogP) is 2.08. The first kappa shape index (κ1) is 8.30. The van der Waals surface area contributed by atoms with E-state index in [1.165, 1.54) is 42.6 Å². The molecule has 2 aliphatic rings. The largest absolute Gasteiger partial charge is 0.385 e. The van der Waals surface area contributed by atoms with Crippen LogP contribution in [0.3, 0.4) is 0 Å². The topological polar surface area (TPSA) is 24.1 Å². The molecule has 0 aliphatic carbocycles. The summed E-state index contributed by atoms with van der Waals surface area (Å²) in [6.07, 6.45) is 3.81. The average Bonchev–Trinajstić information content (AvgIpc) is 2.15. The smallest absolute Gasteiger partial charge is 0.0372 e. The summed E-state index contributed by atoms with van der Waals surface area (Å²) in [6, 6.07) is 7.50. The van der Waals surface area contributed by atoms with Crippen LogP contribution in [0.15, 0.2) is 18.2 Å². The number of benzene rings is 1. The maximum atomic E-state index is 3.45. The highest BCUT2D eigenvalue weighted by Crippen LogP contribution is 2.29. The van der Waals surface area contributed by atoms with E-state index in [1.54, 1.807) is 0 Å². The summed E-state index contributed by atoms with van der Waals surface area (Å²) in [5.41, 5.74) is 4.32. The van der Waals surface area contributed by atoms with Crippen molar-refractivity contribution in [3.05, 3.63) is 29.3 Å². The van der Waals surface area contributed by atoms with Crippen molar-refractivity contribution in [2.24, 2.45) is 0 Å². The van der Waals surface area contributed by atoms with Crippen LogP contribution in [0.5, 0.6) is 0 Å². The van der Waals surface area contributed by atoms with E-state index < -0.39 is 0 Å². The lowest BCUT2D eigenvalue weighted by Gasteiger charge is -2.29. The minimum Gasteiger partial charge on any atom is -0.385 e. The predicted molar refractivity (Wildman–Crippen MR) is 58.6 cm³/mol. The second-order valence-electron chi connectivity index (χ2n) is 4.24. The first-order valence-corrected chi connectivity index (χ1v) is 5.53. The monoisotopic (exact) mass is 188 g/mol. The molecule has 74 valence electrons. The highest BCUT2D eigenvalue weighted by molar-refractivity contribution is 5.54. The number of nitrogens with one attached hydrogen (secondary N) is 2. The van der Waals surface area contributed by atoms with Gasteiger partial charge in [-0.1, -0.05) is 12.1 Å². The SMILES string of the molecule is c1cc2c(cc1C1CCN1)CCCN2. The molecule has 0 amide bonds. The third kappa shape index (κ3) is 1.30. The lowest BCUT2D eigenvalue weighted by Crippen LogP contribution is -2.35. The molecule has 1 fully saturated rings. The summed E-state index contributed by atoms with van der Waals surface area (Å²) < 4.78 is 0. The molecule has 3 rings (SSSR count). The first-order chi connectivity index (χ1) is 6.93. The number of rotatable bonds is 1. The molecular weight excluding hydrogens is 172 g/mol. The van der Waals surface area contributed by atoms with Crippen molar-refractivity contribution in [3.8, 4) is 0 Å². The number of aryl methyl sites for hydroxylation is 1. The number of fused-ring (bicyclic) bond motifs is 1. The second-order valence-corrected chi connectivity index (χ2v) is 4.24. The van der Waals surface area contributed by atoms with Gasteiger partial charge in [-0.2, -0.15) is 0 Å². The molecule has 14 heavy (non-hydrogen) atoms. The Hall–Kier alpha value is -1.02. The Labute approximate surface area is 84.7 Å². The van der Waals surface area contributed by atoms with Crippen molar-refractivity contribution >= 4 is 5.69 Å². The van der Waals surface area contributed by atoms with Gasteiger partial charge in [0.1, 0.15) is 0 Å². The molecule has 0 radical (unpaired) electrons. The fourth-order valence-electron chi connectivity index (χ4n) is 2.28. The molecule has 2 aliphatic heterocycles. The van der Waals surface area contributed by atoms with Crippen LogP contribution in [-0.2, 0) is 6.42 Å². The molecule has 0 aromatic heterocycles. The third-order valence-corrected chi connectivity index (χ3v) is 3.29. The van der Waals surface area contributed by atoms with Crippen molar-refractivity contribution in [1.29, 1.82) is 0 Å². The van der Waals surface area contributed by atoms with Gasteiger partial charge in [0, 0.05) is 18.3 Å². The molecular formula is C12H16N2. The number of hydrogen-bond acceptors (Lipinski definition) is 2. The van der Waals surface area contributed by atoms with Crippen LogP contribution < -0.4 is 10.6 Å². The van der Waals surface area contributed by atoms with E-state index in [2.05, 4.69) is 28.8 Å². The van der Waals surface area contributed by atoms with Crippen LogP contribution in [0.2, 0.25) is 0 Å². The van der Waals surface area contributed by atoms with Crippen LogP contribution in [0.4, 0.5) is 5.69 Å². The van der Waals surface area contributed by atoms with Crippen LogP contribution in [0.25, 0.3) is 0 Å². The van der Waals surface area contributed by atoms with Gasteiger partial charge in [0.15, 0.2) is 0 Å². The Morgan fingerprint density at radius 1 is 1.21 bits per heavy atom. The van der Waals surface area contributed by atoms with Crippen molar-refractivity contribution in [3.63, 3.8) is 0 Å². The molecule has 1 atom stereocenters. The molecule has 0 spiro atoms. The summed E-state index contributed by atoms with van der Waals surface area (Å²) in [4.78, 5) is 0. The van der Waals surface area contributed by atoms with Crippen molar-refractivity contribution in [2.75, 3.05) is 18.4 Å². The lowest BCUT2D eigenvalue weighted by atomic mass is 9.93. The van der Waals surface area contributed by atoms with Gasteiger partial charge in [-0.05, 0) is 43.0 Å². The molecule has 0 bridgehead atoms. The number of hydrogen-bond donors (Lipinski definition) is 2. The Morgan fingerprint density at radius 3 is 2.93 bits per heavy atom. The zero-order chi connectivity index (χ0) is 9.38. The van der Waals surface area contributed by atoms with Gasteiger partial charge >= 0.3 is 0 Å². The minimum absolute atomic E-state index is 0.627. The van der Waals surface area contributed by atoms with Crippen molar-refractivity contribution in [1.82, 2.24) is 5.32 Å². The molecule has 2 heteroatoms. The fourth-order valence-corrected chi connectivity index (χ4v) is 2.28. The van der Waals surface area contributed by atoms with E-state index in [4.69, 9.17) is 0 Å². The van der Waals surface area contributed by atoms with Crippen LogP contribution in [-0.4, -0.2) is 13.1 Å². The molecule has 2 nitrogen and oxygen atoms in total. The highest BCUT2D eigenvalue weighted by Gasteiger charge is 2.19. The van der Waals surface area contributed by atoms with Gasteiger partial charge in [0.05, 0.1) is 0 Å². The Bertz CT molecular complexity index is 342. The zero-order valence-corrected chi connectivity index (χ0v) is 8.34. The van der Waals surface area contributed by atoms with Gasteiger partial charge in [0.25, 0.3) is 0 Å². The maximum absolute atomic E-state index is 3.45. The minimum atomic E-state index is 0.627. The van der Waals surface area contributed by atoms with E-state index in [1.807, 2.05) is 0 Å². The zero-order valence-electron chi connectivity index (χ0n) is 8.34. The standard InChI is InChI=1S/C12H16N2/c1-2-9-8-10(12-5-7-14-12)3-4-11(9)13-6-1/h3-4,8,12-14H,1-2,5-7H2. The van der Waals surface area contributed by atoms with Gasteiger partial charge < -0.3 is 10.6 Å². The Morgan fingerprint density at radius 2 is 2.14 bits per heavy atom. The first-order valence-electron chi connectivity index (χ1n) is 5.53. The summed E-state index contributed by atoms with van der Waals surface area (Å²) in [5, 5.41) is 6.89. The molecule has 0 saturated carbocycles. The van der Waals surface area contributed by atoms with Crippen LogP contribution in [0.1, 0.15) is 30.0 Å². The normalized spacial score (nSPS) is 24.7. The van der Waals surface area contributed by atoms with E-state index >= 15 is 0 Å². The fraction of sp³-hybridized carbons (Fsp3) is 0.500. The summed E-state index contributed by atoms with van der Waals surface area (Å²) in [7, 11) is 0. The summed E-state index contributed by atoms with van der Waals surface area (Å²) >= 11 is 0. The summed E-state index contributed by atoms with van der Waals surface area (Å²) in [5.74, 6) is 0. The average molecular weight is 188 g/mol. The second kappa shape index (κ2) is 3.28. The third-order valence-electron chi connectivity index (χ3n) is 3.29. The number of anilines is 1. The molecule has 2 heterocycles. The van der Waals surface area contributed by atoms with Crippen LogP contribution in [0, 0.1) is 0 Å². The van der Waals surface area contributed by atoms with Gasteiger partial charge in [-0.15, -0.1) is 0 Å².